The lowest BCUT2D eigenvalue weighted by Gasteiger charge is -2.41. The standard InChI is InChI=1S/C17H17N5O3S/c1-2-5-12-20-21-16(26-12)18-15(25)17-9-8-13(23)22(17)11-7-4-3-6-10(11)14(24)19-17/h3-4,6-7H,2,5,8-9H2,1H3,(H,19,24)(H,18,21,25)/t17-/m1/s1. The average Bonchev–Trinajstić information content (AvgIpc) is 3.21. The number of hydrogen-bond acceptors (Lipinski definition) is 6. The number of benzene rings is 1. The van der Waals surface area contributed by atoms with Gasteiger partial charge in [0.2, 0.25) is 16.7 Å². The van der Waals surface area contributed by atoms with Crippen LogP contribution in [-0.2, 0) is 16.0 Å². The van der Waals surface area contributed by atoms with Crippen LogP contribution in [0.3, 0.4) is 0 Å². The zero-order valence-corrected chi connectivity index (χ0v) is 14.9. The fourth-order valence-corrected chi connectivity index (χ4v) is 4.23. The molecule has 4 rings (SSSR count). The van der Waals surface area contributed by atoms with Gasteiger partial charge in [-0.2, -0.15) is 0 Å². The van der Waals surface area contributed by atoms with Crippen LogP contribution in [0.2, 0.25) is 0 Å². The highest BCUT2D eigenvalue weighted by Crippen LogP contribution is 2.39. The van der Waals surface area contributed by atoms with Gasteiger partial charge in [-0.3, -0.25) is 24.6 Å². The molecule has 3 heterocycles. The van der Waals surface area contributed by atoms with E-state index in [2.05, 4.69) is 20.8 Å². The third kappa shape index (κ3) is 2.47. The molecule has 26 heavy (non-hydrogen) atoms. The second-order valence-electron chi connectivity index (χ2n) is 6.27. The third-order valence-corrected chi connectivity index (χ3v) is 5.47. The van der Waals surface area contributed by atoms with Crippen molar-refractivity contribution in [2.24, 2.45) is 0 Å². The van der Waals surface area contributed by atoms with E-state index in [1.54, 1.807) is 24.3 Å². The summed E-state index contributed by atoms with van der Waals surface area (Å²) in [6.45, 7) is 2.04. The van der Waals surface area contributed by atoms with Crippen molar-refractivity contribution in [3.8, 4) is 0 Å². The molecule has 9 heteroatoms. The maximum absolute atomic E-state index is 13.1. The monoisotopic (exact) mass is 371 g/mol. The Bertz CT molecular complexity index is 911. The van der Waals surface area contributed by atoms with Crippen LogP contribution in [0.15, 0.2) is 24.3 Å². The molecule has 0 bridgehead atoms. The van der Waals surface area contributed by atoms with Crippen LogP contribution in [-0.4, -0.2) is 33.6 Å². The number of carbonyl (C=O) groups excluding carboxylic acids is 3. The number of hydrogen-bond donors (Lipinski definition) is 2. The van der Waals surface area contributed by atoms with Gasteiger partial charge in [0, 0.05) is 19.3 Å². The molecule has 0 saturated carbocycles. The van der Waals surface area contributed by atoms with Crippen molar-refractivity contribution in [2.45, 2.75) is 38.3 Å². The maximum atomic E-state index is 13.1. The Morgan fingerprint density at radius 1 is 1.35 bits per heavy atom. The van der Waals surface area contributed by atoms with Crippen LogP contribution < -0.4 is 15.5 Å². The van der Waals surface area contributed by atoms with Crippen molar-refractivity contribution in [1.29, 1.82) is 0 Å². The van der Waals surface area contributed by atoms with Gasteiger partial charge < -0.3 is 5.32 Å². The lowest BCUT2D eigenvalue weighted by molar-refractivity contribution is -0.124. The van der Waals surface area contributed by atoms with Gasteiger partial charge >= 0.3 is 0 Å². The van der Waals surface area contributed by atoms with E-state index in [9.17, 15) is 14.4 Å². The van der Waals surface area contributed by atoms with E-state index in [1.807, 2.05) is 6.92 Å². The normalized spacial score (nSPS) is 21.2. The molecule has 1 fully saturated rings. The predicted molar refractivity (Wildman–Crippen MR) is 95.9 cm³/mol. The minimum atomic E-state index is -1.43. The van der Waals surface area contributed by atoms with Gasteiger partial charge in [-0.15, -0.1) is 10.2 Å². The molecule has 2 N–H and O–H groups in total. The highest BCUT2D eigenvalue weighted by Gasteiger charge is 2.56. The highest BCUT2D eigenvalue weighted by atomic mass is 32.1. The van der Waals surface area contributed by atoms with Crippen molar-refractivity contribution in [3.05, 3.63) is 34.8 Å². The molecule has 2 aliphatic rings. The fraction of sp³-hybridized carbons (Fsp3) is 0.353. The minimum absolute atomic E-state index is 0.180. The molecule has 1 aromatic carbocycles. The molecule has 2 aromatic rings. The lowest BCUT2D eigenvalue weighted by atomic mass is 9.99. The number of aryl methyl sites for hydroxylation is 1. The Morgan fingerprint density at radius 2 is 2.15 bits per heavy atom. The Kier molecular flexibility index (Phi) is 3.95. The maximum Gasteiger partial charge on any atom is 0.273 e. The first-order chi connectivity index (χ1) is 12.5. The number of aromatic nitrogens is 2. The molecule has 8 nitrogen and oxygen atoms in total. The quantitative estimate of drug-likeness (QED) is 0.851. The second kappa shape index (κ2) is 6.17. The summed E-state index contributed by atoms with van der Waals surface area (Å²) in [5.41, 5.74) is -0.593. The summed E-state index contributed by atoms with van der Waals surface area (Å²) in [5.74, 6) is -1.05. The number of para-hydroxylation sites is 1. The summed E-state index contributed by atoms with van der Waals surface area (Å²) in [7, 11) is 0. The van der Waals surface area contributed by atoms with Crippen molar-refractivity contribution < 1.29 is 14.4 Å². The molecule has 134 valence electrons. The molecule has 1 saturated heterocycles. The molecule has 3 amide bonds. The van der Waals surface area contributed by atoms with Crippen LogP contribution in [0, 0.1) is 0 Å². The van der Waals surface area contributed by atoms with Gasteiger partial charge in [0.05, 0.1) is 11.3 Å². The van der Waals surface area contributed by atoms with E-state index in [0.717, 1.165) is 17.8 Å². The van der Waals surface area contributed by atoms with Crippen molar-refractivity contribution >= 4 is 39.9 Å². The van der Waals surface area contributed by atoms with E-state index in [0.29, 0.717) is 16.4 Å². The Hall–Kier alpha value is -2.81. The number of anilines is 2. The molecule has 0 spiro atoms. The Morgan fingerprint density at radius 3 is 2.96 bits per heavy atom. The number of nitrogens with one attached hydrogen (secondary N) is 2. The summed E-state index contributed by atoms with van der Waals surface area (Å²) in [6.07, 6.45) is 2.10. The summed E-state index contributed by atoms with van der Waals surface area (Å²) in [6, 6.07) is 6.79. The van der Waals surface area contributed by atoms with Crippen molar-refractivity contribution in [2.75, 3.05) is 10.2 Å². The first kappa shape index (κ1) is 16.6. The zero-order chi connectivity index (χ0) is 18.3. The van der Waals surface area contributed by atoms with Gasteiger partial charge in [0.25, 0.3) is 11.8 Å². The van der Waals surface area contributed by atoms with Gasteiger partial charge in [-0.25, -0.2) is 0 Å². The van der Waals surface area contributed by atoms with Crippen LogP contribution in [0.1, 0.15) is 41.6 Å². The number of carbonyl (C=O) groups is 3. The molecule has 0 unspecified atom stereocenters. The molecular weight excluding hydrogens is 354 g/mol. The van der Waals surface area contributed by atoms with E-state index < -0.39 is 11.6 Å². The topological polar surface area (TPSA) is 104 Å². The predicted octanol–water partition coefficient (Wildman–Crippen LogP) is 1.70. The van der Waals surface area contributed by atoms with Gasteiger partial charge in [-0.05, 0) is 18.6 Å². The second-order valence-corrected chi connectivity index (χ2v) is 7.33. The molecule has 2 aliphatic heterocycles. The third-order valence-electron chi connectivity index (χ3n) is 4.57. The largest absolute Gasteiger partial charge is 0.321 e. The van der Waals surface area contributed by atoms with Crippen LogP contribution in [0.5, 0.6) is 0 Å². The van der Waals surface area contributed by atoms with Crippen molar-refractivity contribution in [1.82, 2.24) is 15.5 Å². The highest BCUT2D eigenvalue weighted by molar-refractivity contribution is 7.15. The number of fused-ring (bicyclic) bond motifs is 3. The van der Waals surface area contributed by atoms with Crippen LogP contribution in [0.25, 0.3) is 0 Å². The summed E-state index contributed by atoms with van der Waals surface area (Å²) < 4.78 is 0. The molecule has 1 aromatic heterocycles. The van der Waals surface area contributed by atoms with Gasteiger partial charge in [-0.1, -0.05) is 30.4 Å². The summed E-state index contributed by atoms with van der Waals surface area (Å²) in [5, 5.41) is 14.7. The number of rotatable bonds is 4. The average molecular weight is 371 g/mol. The SMILES string of the molecule is CCCc1nnc(NC(=O)[C@@]23CCC(=O)N2c2ccccc2C(=O)N3)s1. The van der Waals surface area contributed by atoms with E-state index in [4.69, 9.17) is 0 Å². The van der Waals surface area contributed by atoms with Crippen LogP contribution >= 0.6 is 11.3 Å². The molecule has 1 atom stereocenters. The number of nitrogens with zero attached hydrogens (tertiary/aromatic N) is 3. The van der Waals surface area contributed by atoms with Crippen molar-refractivity contribution in [3.63, 3.8) is 0 Å². The first-order valence-corrected chi connectivity index (χ1v) is 9.25. The lowest BCUT2D eigenvalue weighted by Crippen LogP contribution is -2.68. The van der Waals surface area contributed by atoms with Gasteiger partial charge in [0.1, 0.15) is 5.01 Å². The van der Waals surface area contributed by atoms with E-state index in [1.165, 1.54) is 16.2 Å². The van der Waals surface area contributed by atoms with E-state index >= 15 is 0 Å². The number of amides is 3. The minimum Gasteiger partial charge on any atom is -0.321 e. The summed E-state index contributed by atoms with van der Waals surface area (Å²) in [4.78, 5) is 39.5. The smallest absolute Gasteiger partial charge is 0.273 e. The van der Waals surface area contributed by atoms with Gasteiger partial charge in [0.15, 0.2) is 0 Å². The first-order valence-electron chi connectivity index (χ1n) is 8.43. The fourth-order valence-electron chi connectivity index (χ4n) is 3.39. The van der Waals surface area contributed by atoms with Crippen LogP contribution in [0.4, 0.5) is 10.8 Å². The molecular formula is C17H17N5O3S. The molecule has 0 radical (unpaired) electrons. The Labute approximate surface area is 153 Å². The molecule has 0 aliphatic carbocycles. The Balaban J connectivity index is 1.68. The zero-order valence-electron chi connectivity index (χ0n) is 14.1. The van der Waals surface area contributed by atoms with E-state index in [-0.39, 0.29) is 24.7 Å². The summed E-state index contributed by atoms with van der Waals surface area (Å²) >= 11 is 1.30.